The topological polar surface area (TPSA) is 41.9 Å². The predicted molar refractivity (Wildman–Crippen MR) is 113 cm³/mol. The van der Waals surface area contributed by atoms with Crippen LogP contribution in [0.5, 0.6) is 0 Å². The van der Waals surface area contributed by atoms with Crippen LogP contribution in [0.4, 0.5) is 4.39 Å². The number of hydrogen-bond acceptors (Lipinski definition) is 3. The van der Waals surface area contributed by atoms with Gasteiger partial charge >= 0.3 is 0 Å². The number of amides is 1. The van der Waals surface area contributed by atoms with Crippen LogP contribution in [0.3, 0.4) is 0 Å². The van der Waals surface area contributed by atoms with Crippen LogP contribution in [0, 0.1) is 11.2 Å². The van der Waals surface area contributed by atoms with Gasteiger partial charge in [0.1, 0.15) is 5.82 Å². The molecule has 4 nitrogen and oxygen atoms in total. The van der Waals surface area contributed by atoms with Gasteiger partial charge in [0.2, 0.25) is 5.91 Å². The number of oxime groups is 1. The summed E-state index contributed by atoms with van der Waals surface area (Å²) in [6, 6.07) is 14.0. The Kier molecular flexibility index (Phi) is 6.58. The lowest BCUT2D eigenvalue weighted by atomic mass is 9.91. The van der Waals surface area contributed by atoms with Crippen molar-refractivity contribution in [3.05, 3.63) is 70.5 Å². The minimum Gasteiger partial charge on any atom is -0.390 e. The molecule has 0 fully saturated rings. The highest BCUT2D eigenvalue weighted by Crippen LogP contribution is 2.25. The van der Waals surface area contributed by atoms with Gasteiger partial charge in [0.05, 0.1) is 12.3 Å². The van der Waals surface area contributed by atoms with E-state index in [0.717, 1.165) is 11.3 Å². The fourth-order valence-corrected chi connectivity index (χ4v) is 3.52. The number of benzene rings is 2. The Morgan fingerprint density at radius 1 is 1.21 bits per heavy atom. The Labute approximate surface area is 176 Å². The maximum Gasteiger partial charge on any atom is 0.223 e. The predicted octanol–water partition coefficient (Wildman–Crippen LogP) is 5.44. The number of nitrogens with zero attached hydrogens (tertiary/aromatic N) is 2. The van der Waals surface area contributed by atoms with Crippen LogP contribution in [0.25, 0.3) is 0 Å². The Morgan fingerprint density at radius 3 is 2.59 bits per heavy atom. The monoisotopic (exact) mass is 416 g/mol. The van der Waals surface area contributed by atoms with Gasteiger partial charge in [-0.3, -0.25) is 4.79 Å². The van der Waals surface area contributed by atoms with Gasteiger partial charge in [0, 0.05) is 35.5 Å². The van der Waals surface area contributed by atoms with Crippen molar-refractivity contribution < 1.29 is 14.0 Å². The first kappa shape index (κ1) is 21.3. The van der Waals surface area contributed by atoms with Gasteiger partial charge in [-0.15, -0.1) is 0 Å². The maximum atomic E-state index is 14.2. The quantitative estimate of drug-likeness (QED) is 0.629. The second-order valence-corrected chi connectivity index (χ2v) is 8.96. The molecule has 2 aromatic rings. The van der Waals surface area contributed by atoms with Crippen molar-refractivity contribution in [2.45, 2.75) is 46.3 Å². The lowest BCUT2D eigenvalue weighted by molar-refractivity contribution is -0.135. The van der Waals surface area contributed by atoms with E-state index in [1.165, 1.54) is 6.07 Å². The van der Waals surface area contributed by atoms with Crippen LogP contribution in [-0.4, -0.2) is 29.2 Å². The van der Waals surface area contributed by atoms with Gasteiger partial charge in [-0.2, -0.15) is 0 Å². The molecule has 6 heteroatoms. The molecule has 0 aromatic heterocycles. The van der Waals surface area contributed by atoms with E-state index in [0.29, 0.717) is 30.0 Å². The Hall–Kier alpha value is -2.40. The first-order valence-corrected chi connectivity index (χ1v) is 10.1. The molecule has 29 heavy (non-hydrogen) atoms. The summed E-state index contributed by atoms with van der Waals surface area (Å²) in [6.07, 6.45) is 0.615. The van der Waals surface area contributed by atoms with Gasteiger partial charge in [0.25, 0.3) is 0 Å². The van der Waals surface area contributed by atoms with E-state index in [2.05, 4.69) is 5.16 Å². The number of halogens is 2. The fraction of sp³-hybridized carbons (Fsp3) is 0.391. The molecule has 3 rings (SSSR count). The molecule has 0 bridgehead atoms. The van der Waals surface area contributed by atoms with Crippen LogP contribution in [0.1, 0.15) is 44.7 Å². The van der Waals surface area contributed by atoms with Gasteiger partial charge in [0.15, 0.2) is 6.10 Å². The maximum absolute atomic E-state index is 14.2. The van der Waals surface area contributed by atoms with E-state index in [1.807, 2.05) is 45.0 Å². The average molecular weight is 417 g/mol. The van der Waals surface area contributed by atoms with E-state index in [9.17, 15) is 9.18 Å². The van der Waals surface area contributed by atoms with Crippen molar-refractivity contribution >= 4 is 23.2 Å². The summed E-state index contributed by atoms with van der Waals surface area (Å²) in [5, 5.41) is 4.79. The zero-order valence-corrected chi connectivity index (χ0v) is 17.7. The summed E-state index contributed by atoms with van der Waals surface area (Å²) in [5.74, 6) is -0.350. The molecule has 0 saturated heterocycles. The Morgan fingerprint density at radius 2 is 1.90 bits per heavy atom. The van der Waals surface area contributed by atoms with Crippen LogP contribution in [-0.2, 0) is 16.2 Å². The van der Waals surface area contributed by atoms with Crippen LogP contribution < -0.4 is 0 Å². The summed E-state index contributed by atoms with van der Waals surface area (Å²) in [4.78, 5) is 20.2. The van der Waals surface area contributed by atoms with Crippen molar-refractivity contribution in [3.63, 3.8) is 0 Å². The SMILES string of the molecule is CC(C)(C)CC(=O)N(Cc1ccccc1F)C[C@@H]1CC(c2ccccc2Cl)=NO1. The van der Waals surface area contributed by atoms with E-state index in [-0.39, 0.29) is 29.8 Å². The highest BCUT2D eigenvalue weighted by molar-refractivity contribution is 6.34. The average Bonchev–Trinajstić information content (AvgIpc) is 3.10. The van der Waals surface area contributed by atoms with E-state index in [1.54, 1.807) is 23.1 Å². The smallest absolute Gasteiger partial charge is 0.223 e. The summed E-state index contributed by atoms with van der Waals surface area (Å²) in [5.41, 5.74) is 1.91. The molecule has 0 unspecified atom stereocenters. The minimum absolute atomic E-state index is 0.0319. The van der Waals surface area contributed by atoms with Gasteiger partial charge in [-0.25, -0.2) is 4.39 Å². The number of carbonyl (C=O) groups is 1. The fourth-order valence-electron chi connectivity index (χ4n) is 3.28. The van der Waals surface area contributed by atoms with Crippen LogP contribution in [0.2, 0.25) is 5.02 Å². The Balaban J connectivity index is 1.73. The van der Waals surface area contributed by atoms with Crippen molar-refractivity contribution in [2.24, 2.45) is 10.6 Å². The number of carbonyl (C=O) groups excluding carboxylic acids is 1. The third-order valence-electron chi connectivity index (χ3n) is 4.70. The van der Waals surface area contributed by atoms with Crippen molar-refractivity contribution in [1.82, 2.24) is 4.90 Å². The first-order chi connectivity index (χ1) is 13.7. The van der Waals surface area contributed by atoms with Gasteiger partial charge in [-0.1, -0.05) is 73.9 Å². The van der Waals surface area contributed by atoms with Crippen molar-refractivity contribution in [2.75, 3.05) is 6.54 Å². The minimum atomic E-state index is -0.318. The van der Waals surface area contributed by atoms with Gasteiger partial charge < -0.3 is 9.74 Å². The van der Waals surface area contributed by atoms with Gasteiger partial charge in [-0.05, 0) is 17.5 Å². The molecular weight excluding hydrogens is 391 g/mol. The molecule has 0 spiro atoms. The standard InChI is InChI=1S/C23H26ClFN2O2/c1-23(2,3)13-22(28)27(14-16-8-4-7-11-20(16)25)15-17-12-21(26-29-17)18-9-5-6-10-19(18)24/h4-11,17H,12-15H2,1-3H3/t17-/m0/s1. The largest absolute Gasteiger partial charge is 0.390 e. The summed E-state index contributed by atoms with van der Waals surface area (Å²) in [7, 11) is 0. The molecule has 1 heterocycles. The number of rotatable bonds is 6. The molecule has 0 radical (unpaired) electrons. The molecule has 154 valence electrons. The number of hydrogen-bond donors (Lipinski definition) is 0. The normalized spacial score (nSPS) is 16.3. The van der Waals surface area contributed by atoms with E-state index < -0.39 is 0 Å². The van der Waals surface area contributed by atoms with Crippen molar-refractivity contribution in [1.29, 1.82) is 0 Å². The highest BCUT2D eigenvalue weighted by Gasteiger charge is 2.29. The Bertz CT molecular complexity index is 908. The third-order valence-corrected chi connectivity index (χ3v) is 5.02. The molecule has 1 atom stereocenters. The first-order valence-electron chi connectivity index (χ1n) is 9.72. The molecule has 0 aliphatic carbocycles. The molecule has 1 aliphatic heterocycles. The zero-order chi connectivity index (χ0) is 21.0. The lowest BCUT2D eigenvalue weighted by Gasteiger charge is -2.28. The van der Waals surface area contributed by atoms with Crippen molar-refractivity contribution in [3.8, 4) is 0 Å². The molecule has 1 aliphatic rings. The second kappa shape index (κ2) is 8.95. The molecule has 2 aromatic carbocycles. The molecule has 1 amide bonds. The third kappa shape index (κ3) is 5.80. The highest BCUT2D eigenvalue weighted by atomic mass is 35.5. The zero-order valence-electron chi connectivity index (χ0n) is 17.0. The summed E-state index contributed by atoms with van der Waals surface area (Å²) < 4.78 is 14.2. The molecular formula is C23H26ClFN2O2. The summed E-state index contributed by atoms with van der Waals surface area (Å²) >= 11 is 6.26. The van der Waals surface area contributed by atoms with E-state index >= 15 is 0 Å². The molecule has 0 saturated carbocycles. The molecule has 0 N–H and O–H groups in total. The lowest BCUT2D eigenvalue weighted by Crippen LogP contribution is -2.39. The van der Waals surface area contributed by atoms with E-state index in [4.69, 9.17) is 16.4 Å². The van der Waals surface area contributed by atoms with Crippen LogP contribution in [0.15, 0.2) is 53.7 Å². The summed E-state index contributed by atoms with van der Waals surface area (Å²) in [6.45, 7) is 6.56. The second-order valence-electron chi connectivity index (χ2n) is 8.55. The van der Waals surface area contributed by atoms with Crippen LogP contribution >= 0.6 is 11.6 Å².